The van der Waals surface area contributed by atoms with Gasteiger partial charge in [0.05, 0.1) is 0 Å². The molecule has 1 aliphatic carbocycles. The second-order valence-electron chi connectivity index (χ2n) is 5.78. The highest BCUT2D eigenvalue weighted by molar-refractivity contribution is 6.22. The van der Waals surface area contributed by atoms with Crippen molar-refractivity contribution in [1.82, 2.24) is 10.6 Å². The third-order valence-corrected chi connectivity index (χ3v) is 3.98. The normalized spacial score (nSPS) is 14.6. The average Bonchev–Trinajstić information content (AvgIpc) is 2.68. The number of carbonyl (C=O) groups is 2. The molecule has 0 saturated carbocycles. The zero-order chi connectivity index (χ0) is 18.5. The number of rotatable bonds is 6. The number of benzene rings is 2. The van der Waals surface area contributed by atoms with E-state index < -0.39 is 23.1 Å². The fraction of sp³-hybridized carbons (Fsp3) is 0.100. The molecular weight excluding hydrogens is 332 g/mol. The minimum absolute atomic E-state index is 0.235. The number of hydrogen-bond donors (Lipinski definition) is 4. The molecule has 0 amide bonds. The predicted octanol–water partition coefficient (Wildman–Crippen LogP) is 2.26. The van der Waals surface area contributed by atoms with Crippen LogP contribution in [0.2, 0.25) is 0 Å². The number of hydrogen-bond acceptors (Lipinski definition) is 6. The molecule has 0 radical (unpaired) electrons. The smallest absolute Gasteiger partial charge is 0.249 e. The van der Waals surface area contributed by atoms with Crippen molar-refractivity contribution in [2.45, 2.75) is 13.1 Å². The molecule has 2 aromatic rings. The highest BCUT2D eigenvalue weighted by Gasteiger charge is 2.35. The van der Waals surface area contributed by atoms with E-state index in [0.717, 1.165) is 11.1 Å². The maximum absolute atomic E-state index is 12.3. The van der Waals surface area contributed by atoms with Gasteiger partial charge in [-0.2, -0.15) is 0 Å². The summed E-state index contributed by atoms with van der Waals surface area (Å²) in [7, 11) is 0. The van der Waals surface area contributed by atoms with Gasteiger partial charge in [-0.25, -0.2) is 0 Å². The number of nitrogens with one attached hydrogen (secondary N) is 2. The van der Waals surface area contributed by atoms with Crippen LogP contribution in [0.5, 0.6) is 0 Å². The van der Waals surface area contributed by atoms with Crippen LogP contribution in [0.1, 0.15) is 11.1 Å². The highest BCUT2D eigenvalue weighted by atomic mass is 16.3. The Balaban J connectivity index is 1.74. The molecule has 132 valence electrons. The summed E-state index contributed by atoms with van der Waals surface area (Å²) in [6.07, 6.45) is 0. The Morgan fingerprint density at radius 3 is 1.31 bits per heavy atom. The molecule has 0 saturated heterocycles. The molecule has 0 bridgehead atoms. The van der Waals surface area contributed by atoms with Crippen molar-refractivity contribution < 1.29 is 19.8 Å². The minimum atomic E-state index is -0.825. The first-order valence-electron chi connectivity index (χ1n) is 8.09. The maximum Gasteiger partial charge on any atom is 0.249 e. The van der Waals surface area contributed by atoms with Gasteiger partial charge in [-0.3, -0.25) is 9.59 Å². The van der Waals surface area contributed by atoms with E-state index in [2.05, 4.69) is 10.6 Å². The molecule has 2 aromatic carbocycles. The highest BCUT2D eigenvalue weighted by Crippen LogP contribution is 2.20. The Hall–Kier alpha value is -3.54. The van der Waals surface area contributed by atoms with Crippen molar-refractivity contribution in [3.63, 3.8) is 0 Å². The first-order valence-corrected chi connectivity index (χ1v) is 8.09. The molecule has 0 fully saturated rings. The monoisotopic (exact) mass is 350 g/mol. The molecule has 1 aliphatic rings. The van der Waals surface area contributed by atoms with Crippen LogP contribution in [0.4, 0.5) is 0 Å². The van der Waals surface area contributed by atoms with Crippen molar-refractivity contribution in [2.24, 2.45) is 0 Å². The molecule has 4 N–H and O–H groups in total. The Labute approximate surface area is 150 Å². The molecule has 3 rings (SSSR count). The van der Waals surface area contributed by atoms with Gasteiger partial charge in [-0.1, -0.05) is 60.7 Å². The van der Waals surface area contributed by atoms with Gasteiger partial charge in [0.2, 0.25) is 11.6 Å². The molecule has 6 heteroatoms. The van der Waals surface area contributed by atoms with E-state index in [-0.39, 0.29) is 24.5 Å². The fourth-order valence-corrected chi connectivity index (χ4v) is 2.58. The molecular formula is C20H18N2O4. The van der Waals surface area contributed by atoms with Gasteiger partial charge >= 0.3 is 0 Å². The summed E-state index contributed by atoms with van der Waals surface area (Å²) >= 11 is 0. The number of aliphatic hydroxyl groups is 2. The summed E-state index contributed by atoms with van der Waals surface area (Å²) in [4.78, 5) is 24.7. The van der Waals surface area contributed by atoms with Crippen molar-refractivity contribution >= 4 is 11.6 Å². The number of aliphatic hydroxyl groups excluding tert-OH is 2. The van der Waals surface area contributed by atoms with Crippen LogP contribution in [0, 0.1) is 0 Å². The molecule has 26 heavy (non-hydrogen) atoms. The second-order valence-corrected chi connectivity index (χ2v) is 5.78. The standard InChI is InChI=1S/C20H18N2O4/c23-17-15(21-11-13-7-3-1-4-8-13)18(24)20(26)16(19(17)25)22-12-14-9-5-2-6-10-14/h1-10,21-23,26H,11-12H2. The molecule has 0 heterocycles. The van der Waals surface area contributed by atoms with E-state index in [1.165, 1.54) is 0 Å². The summed E-state index contributed by atoms with van der Waals surface area (Å²) in [5.41, 5.74) is 1.12. The molecule has 6 nitrogen and oxygen atoms in total. The summed E-state index contributed by atoms with van der Waals surface area (Å²) < 4.78 is 0. The van der Waals surface area contributed by atoms with Crippen molar-refractivity contribution in [3.8, 4) is 0 Å². The SMILES string of the molecule is O=C1C(O)=C(NCc2ccccc2)C(=O)C(O)=C1NCc1ccccc1. The van der Waals surface area contributed by atoms with E-state index in [1.54, 1.807) is 0 Å². The zero-order valence-electron chi connectivity index (χ0n) is 13.9. The van der Waals surface area contributed by atoms with E-state index in [0.29, 0.717) is 0 Å². The van der Waals surface area contributed by atoms with Crippen LogP contribution < -0.4 is 10.6 Å². The molecule has 0 aromatic heterocycles. The predicted molar refractivity (Wildman–Crippen MR) is 95.9 cm³/mol. The van der Waals surface area contributed by atoms with Gasteiger partial charge in [-0.05, 0) is 11.1 Å². The summed E-state index contributed by atoms with van der Waals surface area (Å²) in [5.74, 6) is -3.07. The molecule has 0 atom stereocenters. The lowest BCUT2D eigenvalue weighted by atomic mass is 10.0. The van der Waals surface area contributed by atoms with Gasteiger partial charge in [0.1, 0.15) is 11.4 Å². The van der Waals surface area contributed by atoms with Crippen molar-refractivity contribution in [1.29, 1.82) is 0 Å². The van der Waals surface area contributed by atoms with Crippen molar-refractivity contribution in [2.75, 3.05) is 0 Å². The first-order chi connectivity index (χ1) is 12.6. The lowest BCUT2D eigenvalue weighted by Gasteiger charge is -2.20. The quantitative estimate of drug-likeness (QED) is 0.597. The lowest BCUT2D eigenvalue weighted by Crippen LogP contribution is -2.35. The topological polar surface area (TPSA) is 98.7 Å². The molecule has 0 aliphatic heterocycles. The zero-order valence-corrected chi connectivity index (χ0v) is 13.9. The van der Waals surface area contributed by atoms with Gasteiger partial charge < -0.3 is 20.8 Å². The van der Waals surface area contributed by atoms with Crippen LogP contribution in [-0.2, 0) is 22.7 Å². The Kier molecular flexibility index (Phi) is 5.03. The van der Waals surface area contributed by atoms with E-state index in [1.807, 2.05) is 60.7 Å². The summed E-state index contributed by atoms with van der Waals surface area (Å²) in [5, 5.41) is 25.7. The van der Waals surface area contributed by atoms with Gasteiger partial charge in [0.25, 0.3) is 0 Å². The Morgan fingerprint density at radius 2 is 0.962 bits per heavy atom. The molecule has 0 spiro atoms. The van der Waals surface area contributed by atoms with Crippen LogP contribution in [0.15, 0.2) is 83.6 Å². The Morgan fingerprint density at radius 1 is 0.615 bits per heavy atom. The number of carbonyl (C=O) groups excluding carboxylic acids is 2. The van der Waals surface area contributed by atoms with Crippen molar-refractivity contribution in [3.05, 3.63) is 94.7 Å². The van der Waals surface area contributed by atoms with Crippen LogP contribution in [-0.4, -0.2) is 21.8 Å². The van der Waals surface area contributed by atoms with Crippen LogP contribution in [0.25, 0.3) is 0 Å². The van der Waals surface area contributed by atoms with E-state index in [4.69, 9.17) is 0 Å². The van der Waals surface area contributed by atoms with Crippen LogP contribution in [0.3, 0.4) is 0 Å². The van der Waals surface area contributed by atoms with Crippen LogP contribution >= 0.6 is 0 Å². The summed E-state index contributed by atoms with van der Waals surface area (Å²) in [6, 6.07) is 18.4. The van der Waals surface area contributed by atoms with Gasteiger partial charge in [0.15, 0.2) is 11.5 Å². The largest absolute Gasteiger partial charge is 0.503 e. The third kappa shape index (κ3) is 3.59. The van der Waals surface area contributed by atoms with Gasteiger partial charge in [0, 0.05) is 13.1 Å². The molecule has 0 unspecified atom stereocenters. The van der Waals surface area contributed by atoms with E-state index in [9.17, 15) is 19.8 Å². The first kappa shape index (κ1) is 17.3. The van der Waals surface area contributed by atoms with Gasteiger partial charge in [-0.15, -0.1) is 0 Å². The lowest BCUT2D eigenvalue weighted by molar-refractivity contribution is -0.120. The summed E-state index contributed by atoms with van der Waals surface area (Å²) in [6.45, 7) is 0.471. The second kappa shape index (κ2) is 7.57. The Bertz CT molecular complexity index is 811. The third-order valence-electron chi connectivity index (χ3n) is 3.98. The average molecular weight is 350 g/mol. The number of ketones is 2. The number of Topliss-reactive ketones (excluding diaryl/α,β-unsaturated/α-hetero) is 2. The van der Waals surface area contributed by atoms with E-state index >= 15 is 0 Å². The maximum atomic E-state index is 12.3. The fourth-order valence-electron chi connectivity index (χ4n) is 2.58. The minimum Gasteiger partial charge on any atom is -0.503 e.